The molecule has 1 aliphatic heterocycles. The van der Waals surface area contributed by atoms with E-state index < -0.39 is 12.3 Å². The first-order valence-electron chi connectivity index (χ1n) is 13.7. The van der Waals surface area contributed by atoms with Crippen LogP contribution in [-0.4, -0.2) is 41.1 Å². The minimum atomic E-state index is -0.903. The fraction of sp³-hybridized carbons (Fsp3) is 0.375. The van der Waals surface area contributed by atoms with E-state index in [9.17, 15) is 14.7 Å². The quantitative estimate of drug-likeness (QED) is 0.223. The predicted octanol–water partition coefficient (Wildman–Crippen LogP) is 5.64. The molecule has 0 radical (unpaired) electrons. The summed E-state index contributed by atoms with van der Waals surface area (Å²) in [6.07, 6.45) is -0.439. The second-order valence-electron chi connectivity index (χ2n) is 10.0. The second-order valence-corrected chi connectivity index (χ2v) is 11.1. The molecule has 1 fully saturated rings. The average Bonchev–Trinajstić information content (AvgIpc) is 3.00. The van der Waals surface area contributed by atoms with Crippen molar-refractivity contribution < 1.29 is 34.0 Å². The Kier molecular flexibility index (Phi) is 11.2. The molecule has 0 saturated carbocycles. The number of aliphatic hydroxyl groups is 1. The van der Waals surface area contributed by atoms with Gasteiger partial charge in [0.05, 0.1) is 25.9 Å². The van der Waals surface area contributed by atoms with Gasteiger partial charge >= 0.3 is 5.97 Å². The largest absolute Gasteiger partial charge is 0.496 e. The Balaban J connectivity index is 1.46. The number of methoxy groups -OCH3 is 1. The summed E-state index contributed by atoms with van der Waals surface area (Å²) in [7, 11) is 1.67. The highest BCUT2D eigenvalue weighted by Gasteiger charge is 2.38. The lowest BCUT2D eigenvalue weighted by atomic mass is 9.91. The first-order chi connectivity index (χ1) is 19.9. The van der Waals surface area contributed by atoms with Crippen molar-refractivity contribution in [2.75, 3.05) is 12.9 Å². The summed E-state index contributed by atoms with van der Waals surface area (Å²) in [5, 5.41) is 21.1. The Morgan fingerprint density at radius 3 is 2.29 bits per heavy atom. The number of hydrogen-bond acceptors (Lipinski definition) is 7. The van der Waals surface area contributed by atoms with Crippen molar-refractivity contribution >= 4 is 23.6 Å². The van der Waals surface area contributed by atoms with E-state index in [0.717, 1.165) is 32.9 Å². The van der Waals surface area contributed by atoms with Crippen molar-refractivity contribution in [3.8, 4) is 5.75 Å². The molecule has 3 aromatic carbocycles. The van der Waals surface area contributed by atoms with E-state index in [2.05, 4.69) is 12.2 Å². The molecule has 0 bridgehead atoms. The fourth-order valence-electron chi connectivity index (χ4n) is 4.70. The molecule has 8 nitrogen and oxygen atoms in total. The van der Waals surface area contributed by atoms with Crippen molar-refractivity contribution in [1.29, 1.82) is 0 Å². The van der Waals surface area contributed by atoms with Gasteiger partial charge in [0, 0.05) is 41.5 Å². The molecule has 1 aliphatic rings. The number of carbonyl (C=O) groups excluding carboxylic acids is 1. The van der Waals surface area contributed by atoms with Gasteiger partial charge in [0.1, 0.15) is 5.75 Å². The lowest BCUT2D eigenvalue weighted by Gasteiger charge is -2.41. The smallest absolute Gasteiger partial charge is 0.303 e. The maximum Gasteiger partial charge on any atom is 0.303 e. The molecule has 3 aromatic rings. The molecule has 0 spiro atoms. The van der Waals surface area contributed by atoms with E-state index in [-0.39, 0.29) is 43.5 Å². The van der Waals surface area contributed by atoms with Crippen LogP contribution < -0.4 is 10.1 Å². The maximum absolute atomic E-state index is 12.0. The first-order valence-corrected chi connectivity index (χ1v) is 14.7. The van der Waals surface area contributed by atoms with Gasteiger partial charge in [-0.05, 0) is 35.2 Å². The van der Waals surface area contributed by atoms with Gasteiger partial charge in [-0.25, -0.2) is 0 Å². The highest BCUT2D eigenvalue weighted by Crippen LogP contribution is 2.43. The SMILES string of the molecule is COc1ccccc1SC[C@H]1O[C@@H](c2ccc(CNC(=O)CCCC(=O)O)cc2)O[C@@H](c2ccc(CO)cc2)[C@H]1C. The number of rotatable bonds is 13. The number of benzene rings is 3. The summed E-state index contributed by atoms with van der Waals surface area (Å²) in [6.45, 7) is 2.48. The molecular formula is C32H37NO7S. The molecule has 4 atom stereocenters. The second kappa shape index (κ2) is 15.0. The number of carboxylic acid groups (broad SMARTS) is 1. The normalized spacial score (nSPS) is 20.4. The number of carbonyl (C=O) groups is 2. The standard InChI is InChI=1S/C32H37NO7S/c1-21-27(20-41-28-7-4-3-6-26(28)38-2)39-32(40-31(21)24-14-12-23(19-34)13-15-24)25-16-10-22(11-17-25)18-33-29(35)8-5-9-30(36)37/h3-4,6-7,10-17,21,27,31-32,34H,5,8-9,18-20H2,1-2H3,(H,33,35)(H,36,37)/t21-,27+,31+,32+/m0/s1. The summed E-state index contributed by atoms with van der Waals surface area (Å²) in [6, 6.07) is 23.5. The van der Waals surface area contributed by atoms with Crippen LogP contribution in [0.2, 0.25) is 0 Å². The van der Waals surface area contributed by atoms with Crippen LogP contribution in [0, 0.1) is 5.92 Å². The lowest BCUT2D eigenvalue weighted by Crippen LogP contribution is -2.38. The zero-order chi connectivity index (χ0) is 29.2. The molecule has 1 heterocycles. The van der Waals surface area contributed by atoms with Gasteiger partial charge in [-0.15, -0.1) is 11.8 Å². The summed E-state index contributed by atoms with van der Waals surface area (Å²) in [5.74, 6) is 0.519. The molecule has 3 N–H and O–H groups in total. The van der Waals surface area contributed by atoms with Crippen molar-refractivity contribution in [3.05, 3.63) is 95.1 Å². The maximum atomic E-state index is 12.0. The van der Waals surface area contributed by atoms with E-state index in [1.54, 1.807) is 18.9 Å². The molecule has 4 rings (SSSR count). The summed E-state index contributed by atoms with van der Waals surface area (Å²) >= 11 is 1.69. The molecule has 1 amide bonds. The van der Waals surface area contributed by atoms with Crippen LogP contribution >= 0.6 is 11.8 Å². The van der Waals surface area contributed by atoms with E-state index in [0.29, 0.717) is 18.7 Å². The van der Waals surface area contributed by atoms with Gasteiger partial charge in [0.25, 0.3) is 0 Å². The highest BCUT2D eigenvalue weighted by atomic mass is 32.2. The number of thioether (sulfide) groups is 1. The van der Waals surface area contributed by atoms with Gasteiger partial charge in [-0.1, -0.05) is 67.6 Å². The molecular weight excluding hydrogens is 542 g/mol. The monoisotopic (exact) mass is 579 g/mol. The van der Waals surface area contributed by atoms with Crippen LogP contribution in [0.25, 0.3) is 0 Å². The van der Waals surface area contributed by atoms with Gasteiger partial charge < -0.3 is 29.7 Å². The minimum Gasteiger partial charge on any atom is -0.496 e. The topological polar surface area (TPSA) is 114 Å². The number of carboxylic acids is 1. The van der Waals surface area contributed by atoms with E-state index in [1.165, 1.54) is 0 Å². The molecule has 0 aromatic heterocycles. The number of aliphatic hydroxyl groups excluding tert-OH is 1. The number of hydrogen-bond donors (Lipinski definition) is 3. The van der Waals surface area contributed by atoms with Crippen LogP contribution in [0.1, 0.15) is 60.8 Å². The van der Waals surface area contributed by atoms with Crippen LogP contribution in [-0.2, 0) is 32.2 Å². The molecule has 218 valence electrons. The Bertz CT molecular complexity index is 1280. The first kappa shape index (κ1) is 30.6. The fourth-order valence-corrected chi connectivity index (χ4v) is 5.90. The van der Waals surface area contributed by atoms with Crippen molar-refractivity contribution in [1.82, 2.24) is 5.32 Å². The highest BCUT2D eigenvalue weighted by molar-refractivity contribution is 7.99. The number of amides is 1. The predicted molar refractivity (Wildman–Crippen MR) is 156 cm³/mol. The molecule has 0 unspecified atom stereocenters. The Hall–Kier alpha value is -3.37. The van der Waals surface area contributed by atoms with Gasteiger partial charge in [0.2, 0.25) is 5.91 Å². The zero-order valence-corrected chi connectivity index (χ0v) is 24.1. The summed E-state index contributed by atoms with van der Waals surface area (Å²) in [5.41, 5.74) is 3.66. The minimum absolute atomic E-state index is 0.0135. The Labute approximate surface area is 245 Å². The third-order valence-electron chi connectivity index (χ3n) is 7.13. The Morgan fingerprint density at radius 2 is 1.61 bits per heavy atom. The number of ether oxygens (including phenoxy) is 3. The van der Waals surface area contributed by atoms with Gasteiger partial charge in [-0.3, -0.25) is 9.59 Å². The van der Waals surface area contributed by atoms with Crippen molar-refractivity contribution in [2.24, 2.45) is 5.92 Å². The summed E-state index contributed by atoms with van der Waals surface area (Å²) < 4.78 is 18.6. The molecule has 0 aliphatic carbocycles. The summed E-state index contributed by atoms with van der Waals surface area (Å²) in [4.78, 5) is 23.7. The van der Waals surface area contributed by atoms with Crippen LogP contribution in [0.4, 0.5) is 0 Å². The van der Waals surface area contributed by atoms with Crippen LogP contribution in [0.15, 0.2) is 77.7 Å². The number of nitrogens with one attached hydrogen (secondary N) is 1. The zero-order valence-electron chi connectivity index (χ0n) is 23.3. The molecule has 9 heteroatoms. The van der Waals surface area contributed by atoms with E-state index in [4.69, 9.17) is 19.3 Å². The van der Waals surface area contributed by atoms with Gasteiger partial charge in [0.15, 0.2) is 6.29 Å². The van der Waals surface area contributed by atoms with E-state index >= 15 is 0 Å². The lowest BCUT2D eigenvalue weighted by molar-refractivity contribution is -0.268. The van der Waals surface area contributed by atoms with Crippen molar-refractivity contribution in [3.63, 3.8) is 0 Å². The Morgan fingerprint density at radius 1 is 0.927 bits per heavy atom. The average molecular weight is 580 g/mol. The number of aliphatic carboxylic acids is 1. The molecule has 41 heavy (non-hydrogen) atoms. The molecule has 1 saturated heterocycles. The van der Waals surface area contributed by atoms with E-state index in [1.807, 2.05) is 72.8 Å². The van der Waals surface area contributed by atoms with Crippen molar-refractivity contribution in [2.45, 2.75) is 62.7 Å². The van der Waals surface area contributed by atoms with Crippen LogP contribution in [0.3, 0.4) is 0 Å². The third kappa shape index (κ3) is 8.56. The number of para-hydroxylation sites is 1. The third-order valence-corrected chi connectivity index (χ3v) is 8.28. The van der Waals surface area contributed by atoms with Gasteiger partial charge in [-0.2, -0.15) is 0 Å². The van der Waals surface area contributed by atoms with Crippen LogP contribution in [0.5, 0.6) is 5.75 Å².